The highest BCUT2D eigenvalue weighted by Gasteiger charge is 2.10. The van der Waals surface area contributed by atoms with Crippen molar-refractivity contribution in [3.05, 3.63) is 40.0 Å². The lowest BCUT2D eigenvalue weighted by atomic mass is 10.1. The summed E-state index contributed by atoms with van der Waals surface area (Å²) in [4.78, 5) is 21.0. The zero-order valence-electron chi connectivity index (χ0n) is 9.25. The van der Waals surface area contributed by atoms with Gasteiger partial charge in [-0.1, -0.05) is 23.9 Å². The van der Waals surface area contributed by atoms with Crippen LogP contribution in [0.2, 0.25) is 0 Å². The Kier molecular flexibility index (Phi) is 4.71. The van der Waals surface area contributed by atoms with E-state index in [1.54, 1.807) is 12.2 Å². The Morgan fingerprint density at radius 3 is 2.88 bits per heavy atom. The third-order valence-corrected chi connectivity index (χ3v) is 2.69. The van der Waals surface area contributed by atoms with Gasteiger partial charge in [0.2, 0.25) is 0 Å². The van der Waals surface area contributed by atoms with E-state index >= 15 is 0 Å². The van der Waals surface area contributed by atoms with Crippen molar-refractivity contribution in [2.45, 2.75) is 6.92 Å². The lowest BCUT2D eigenvalue weighted by molar-refractivity contribution is -0.385. The second kappa shape index (κ2) is 6.05. The molecule has 0 amide bonds. The van der Waals surface area contributed by atoms with Crippen LogP contribution in [0.25, 0.3) is 6.08 Å². The molecule has 90 valence electrons. The fraction of sp³-hybridized carbons (Fsp3) is 0.182. The maximum atomic E-state index is 10.7. The minimum absolute atomic E-state index is 0.00303. The summed E-state index contributed by atoms with van der Waals surface area (Å²) in [6.07, 6.45) is 3.30. The molecule has 2 N–H and O–H groups in total. The van der Waals surface area contributed by atoms with E-state index in [4.69, 9.17) is 5.73 Å². The normalized spacial score (nSPS) is 10.6. The Morgan fingerprint density at radius 2 is 2.29 bits per heavy atom. The average Bonchev–Trinajstić information content (AvgIpc) is 2.23. The number of nitro benzene ring substituents is 1. The van der Waals surface area contributed by atoms with Crippen LogP contribution in [0.15, 0.2) is 24.3 Å². The number of hydrogen-bond acceptors (Lipinski definition) is 5. The summed E-state index contributed by atoms with van der Waals surface area (Å²) in [5, 5.41) is 10.8. The van der Waals surface area contributed by atoms with E-state index in [0.717, 1.165) is 11.8 Å². The molecule has 0 radical (unpaired) electrons. The number of nitrogen functional groups attached to an aromatic ring is 1. The Hall–Kier alpha value is -1.82. The smallest absolute Gasteiger partial charge is 0.276 e. The molecule has 1 aromatic rings. The molecule has 0 spiro atoms. The van der Waals surface area contributed by atoms with Crippen LogP contribution < -0.4 is 5.73 Å². The zero-order valence-corrected chi connectivity index (χ0v) is 10.1. The molecule has 5 nitrogen and oxygen atoms in total. The third kappa shape index (κ3) is 4.28. The van der Waals surface area contributed by atoms with Crippen molar-refractivity contribution >= 4 is 34.3 Å². The molecule has 0 aliphatic carbocycles. The van der Waals surface area contributed by atoms with E-state index in [9.17, 15) is 14.9 Å². The molecule has 0 aromatic heterocycles. The van der Waals surface area contributed by atoms with Gasteiger partial charge in [-0.25, -0.2) is 0 Å². The van der Waals surface area contributed by atoms with Gasteiger partial charge in [0, 0.05) is 24.4 Å². The van der Waals surface area contributed by atoms with Gasteiger partial charge in [0.15, 0.2) is 5.12 Å². The number of nitrogens with zero attached hydrogens (tertiary/aromatic N) is 1. The number of carbonyl (C=O) groups excluding carboxylic acids is 1. The second-order valence-corrected chi connectivity index (χ2v) is 4.48. The van der Waals surface area contributed by atoms with Crippen LogP contribution in [0.5, 0.6) is 0 Å². The number of thioether (sulfide) groups is 1. The Bertz CT molecular complexity index is 472. The van der Waals surface area contributed by atoms with E-state index in [1.165, 1.54) is 25.1 Å². The topological polar surface area (TPSA) is 86.2 Å². The van der Waals surface area contributed by atoms with Crippen LogP contribution in [-0.4, -0.2) is 15.8 Å². The molecule has 0 heterocycles. The average molecular weight is 252 g/mol. The van der Waals surface area contributed by atoms with Gasteiger partial charge < -0.3 is 5.73 Å². The standard InChI is InChI=1S/C11H12N2O3S/c1-8(14)17-6-2-3-9-7-10(12)4-5-11(9)13(15)16/h2-5,7H,6,12H2,1H3. The first-order valence-electron chi connectivity index (χ1n) is 4.84. The highest BCUT2D eigenvalue weighted by molar-refractivity contribution is 8.13. The number of carbonyl (C=O) groups is 1. The molecule has 0 aliphatic heterocycles. The maximum absolute atomic E-state index is 10.7. The molecule has 0 saturated carbocycles. The molecule has 1 aromatic carbocycles. The van der Waals surface area contributed by atoms with Crippen molar-refractivity contribution in [1.29, 1.82) is 0 Å². The number of nitro groups is 1. The Labute approximate surface area is 103 Å². The van der Waals surface area contributed by atoms with Gasteiger partial charge in [-0.05, 0) is 12.1 Å². The highest BCUT2D eigenvalue weighted by Crippen LogP contribution is 2.22. The van der Waals surface area contributed by atoms with Crippen molar-refractivity contribution in [2.75, 3.05) is 11.5 Å². The first kappa shape index (κ1) is 13.2. The van der Waals surface area contributed by atoms with Crippen molar-refractivity contribution in [3.63, 3.8) is 0 Å². The molecule has 0 aliphatic rings. The summed E-state index contributed by atoms with van der Waals surface area (Å²) < 4.78 is 0. The van der Waals surface area contributed by atoms with Gasteiger partial charge in [-0.15, -0.1) is 0 Å². The van der Waals surface area contributed by atoms with Gasteiger partial charge in [0.05, 0.1) is 10.5 Å². The van der Waals surface area contributed by atoms with Gasteiger partial charge in [0.1, 0.15) is 0 Å². The maximum Gasteiger partial charge on any atom is 0.276 e. The minimum atomic E-state index is -0.461. The highest BCUT2D eigenvalue weighted by atomic mass is 32.2. The van der Waals surface area contributed by atoms with Crippen molar-refractivity contribution in [3.8, 4) is 0 Å². The monoisotopic (exact) mass is 252 g/mol. The van der Waals surface area contributed by atoms with Crippen LogP contribution in [0.4, 0.5) is 11.4 Å². The lowest BCUT2D eigenvalue weighted by Gasteiger charge is -1.99. The predicted octanol–water partition coefficient (Wildman–Crippen LogP) is 2.47. The predicted molar refractivity (Wildman–Crippen MR) is 69.7 cm³/mol. The van der Waals surface area contributed by atoms with E-state index in [2.05, 4.69) is 0 Å². The first-order valence-corrected chi connectivity index (χ1v) is 5.83. The summed E-state index contributed by atoms with van der Waals surface area (Å²) in [6, 6.07) is 4.39. The molecular weight excluding hydrogens is 240 g/mol. The first-order chi connectivity index (χ1) is 8.00. The van der Waals surface area contributed by atoms with Crippen LogP contribution >= 0.6 is 11.8 Å². The molecule has 0 fully saturated rings. The van der Waals surface area contributed by atoms with E-state index in [1.807, 2.05) is 0 Å². The number of nitrogens with two attached hydrogens (primary N) is 1. The fourth-order valence-electron chi connectivity index (χ4n) is 1.21. The number of hydrogen-bond donors (Lipinski definition) is 1. The van der Waals surface area contributed by atoms with Crippen molar-refractivity contribution in [2.24, 2.45) is 0 Å². The van der Waals surface area contributed by atoms with Crippen molar-refractivity contribution in [1.82, 2.24) is 0 Å². The zero-order chi connectivity index (χ0) is 12.8. The van der Waals surface area contributed by atoms with Crippen LogP contribution in [-0.2, 0) is 4.79 Å². The number of benzene rings is 1. The third-order valence-electron chi connectivity index (χ3n) is 1.93. The summed E-state index contributed by atoms with van der Waals surface area (Å²) in [7, 11) is 0. The number of anilines is 1. The molecular formula is C11H12N2O3S. The van der Waals surface area contributed by atoms with Gasteiger partial charge >= 0.3 is 0 Å². The molecule has 6 heteroatoms. The van der Waals surface area contributed by atoms with E-state index in [-0.39, 0.29) is 10.8 Å². The lowest BCUT2D eigenvalue weighted by Crippen LogP contribution is -1.93. The van der Waals surface area contributed by atoms with E-state index in [0.29, 0.717) is 17.0 Å². The van der Waals surface area contributed by atoms with Crippen LogP contribution in [0, 0.1) is 10.1 Å². The molecule has 17 heavy (non-hydrogen) atoms. The Balaban J connectivity index is 2.85. The number of rotatable bonds is 4. The molecule has 1 rings (SSSR count). The molecule has 0 atom stereocenters. The molecule has 0 unspecified atom stereocenters. The summed E-state index contributed by atoms with van der Waals surface area (Å²) in [6.45, 7) is 1.47. The Morgan fingerprint density at radius 1 is 1.59 bits per heavy atom. The second-order valence-electron chi connectivity index (χ2n) is 3.28. The minimum Gasteiger partial charge on any atom is -0.399 e. The molecule has 0 bridgehead atoms. The van der Waals surface area contributed by atoms with Crippen LogP contribution in [0.3, 0.4) is 0 Å². The van der Waals surface area contributed by atoms with E-state index < -0.39 is 4.92 Å². The quantitative estimate of drug-likeness (QED) is 0.505. The van der Waals surface area contributed by atoms with Gasteiger partial charge in [-0.3, -0.25) is 14.9 Å². The largest absolute Gasteiger partial charge is 0.399 e. The van der Waals surface area contributed by atoms with Gasteiger partial charge in [0.25, 0.3) is 5.69 Å². The van der Waals surface area contributed by atoms with Crippen molar-refractivity contribution < 1.29 is 9.72 Å². The SMILES string of the molecule is CC(=O)SCC=Cc1cc(N)ccc1[N+](=O)[O-]. The molecule has 0 saturated heterocycles. The summed E-state index contributed by atoms with van der Waals surface area (Å²) in [5.41, 5.74) is 6.48. The summed E-state index contributed by atoms with van der Waals surface area (Å²) >= 11 is 1.14. The summed E-state index contributed by atoms with van der Waals surface area (Å²) in [5.74, 6) is 0.487. The van der Waals surface area contributed by atoms with Gasteiger partial charge in [-0.2, -0.15) is 0 Å². The van der Waals surface area contributed by atoms with Crippen LogP contribution in [0.1, 0.15) is 12.5 Å². The fourth-order valence-corrected chi connectivity index (χ4v) is 1.64.